The highest BCUT2D eigenvalue weighted by molar-refractivity contribution is 6.32. The largest absolute Gasteiger partial charge is 0.305 e. The first-order valence-electron chi connectivity index (χ1n) is 3.97. The second-order valence-corrected chi connectivity index (χ2v) is 3.51. The lowest BCUT2D eigenvalue weighted by Gasteiger charge is -2.11. The van der Waals surface area contributed by atoms with E-state index in [2.05, 4.69) is 6.07 Å². The monoisotopic (exact) mass is 194 g/mol. The van der Waals surface area contributed by atoms with Gasteiger partial charge in [-0.05, 0) is 25.7 Å². The molecule has 0 aliphatic heterocycles. The van der Waals surface area contributed by atoms with E-state index in [1.54, 1.807) is 6.07 Å². The van der Waals surface area contributed by atoms with Gasteiger partial charge in [-0.25, -0.2) is 0 Å². The molecule has 0 bridgehead atoms. The zero-order chi connectivity index (χ0) is 9.84. The van der Waals surface area contributed by atoms with Gasteiger partial charge in [0.05, 0.1) is 10.6 Å². The smallest absolute Gasteiger partial charge is 0.101 e. The van der Waals surface area contributed by atoms with Crippen LogP contribution in [0.3, 0.4) is 0 Å². The molecule has 1 rings (SSSR count). The maximum atomic E-state index is 8.73. The van der Waals surface area contributed by atoms with Gasteiger partial charge in [0.2, 0.25) is 0 Å². The van der Waals surface area contributed by atoms with Crippen molar-refractivity contribution in [1.82, 2.24) is 4.90 Å². The molecular weight excluding hydrogens is 184 g/mol. The van der Waals surface area contributed by atoms with Gasteiger partial charge in [-0.3, -0.25) is 0 Å². The average Bonchev–Trinajstić information content (AvgIpc) is 2.08. The predicted octanol–water partition coefficient (Wildman–Crippen LogP) is 2.27. The highest BCUT2D eigenvalue weighted by Crippen LogP contribution is 2.21. The molecule has 0 unspecified atom stereocenters. The average molecular weight is 195 g/mol. The van der Waals surface area contributed by atoms with Gasteiger partial charge < -0.3 is 4.90 Å². The predicted molar refractivity (Wildman–Crippen MR) is 53.6 cm³/mol. The minimum Gasteiger partial charge on any atom is -0.305 e. The molecule has 0 aliphatic carbocycles. The standard InChI is InChI=1S/C10H11ClN2/c1-13(2)7-9-5-3-4-8(6-12)10(9)11/h3-5H,7H2,1-2H3. The number of nitriles is 1. The Kier molecular flexibility index (Phi) is 3.30. The van der Waals surface area contributed by atoms with Crippen molar-refractivity contribution < 1.29 is 0 Å². The van der Waals surface area contributed by atoms with Crippen LogP contribution in [0.1, 0.15) is 11.1 Å². The van der Waals surface area contributed by atoms with Crippen molar-refractivity contribution in [3.8, 4) is 6.07 Å². The molecule has 0 spiro atoms. The molecule has 0 aliphatic rings. The minimum atomic E-state index is 0.543. The zero-order valence-electron chi connectivity index (χ0n) is 7.71. The fourth-order valence-electron chi connectivity index (χ4n) is 1.13. The second kappa shape index (κ2) is 4.27. The van der Waals surface area contributed by atoms with Crippen molar-refractivity contribution in [2.45, 2.75) is 6.54 Å². The SMILES string of the molecule is CN(C)Cc1cccc(C#N)c1Cl. The Balaban J connectivity index is 3.03. The zero-order valence-corrected chi connectivity index (χ0v) is 8.47. The van der Waals surface area contributed by atoms with Gasteiger partial charge in [0.25, 0.3) is 0 Å². The highest BCUT2D eigenvalue weighted by Gasteiger charge is 2.05. The molecule has 3 heteroatoms. The maximum Gasteiger partial charge on any atom is 0.101 e. The van der Waals surface area contributed by atoms with E-state index in [-0.39, 0.29) is 0 Å². The fraction of sp³-hybridized carbons (Fsp3) is 0.300. The van der Waals surface area contributed by atoms with E-state index in [1.165, 1.54) is 0 Å². The molecule has 0 saturated carbocycles. The summed E-state index contributed by atoms with van der Waals surface area (Å²) in [5, 5.41) is 9.30. The van der Waals surface area contributed by atoms with Crippen LogP contribution < -0.4 is 0 Å². The summed E-state index contributed by atoms with van der Waals surface area (Å²) in [6.07, 6.45) is 0. The number of hydrogen-bond donors (Lipinski definition) is 0. The summed E-state index contributed by atoms with van der Waals surface area (Å²) < 4.78 is 0. The van der Waals surface area contributed by atoms with Crippen molar-refractivity contribution in [3.05, 3.63) is 34.3 Å². The van der Waals surface area contributed by atoms with Crippen molar-refractivity contribution in [2.24, 2.45) is 0 Å². The summed E-state index contributed by atoms with van der Waals surface area (Å²) in [5.41, 5.74) is 1.53. The van der Waals surface area contributed by atoms with Gasteiger partial charge >= 0.3 is 0 Å². The van der Waals surface area contributed by atoms with Crippen LogP contribution >= 0.6 is 11.6 Å². The molecule has 1 aromatic carbocycles. The van der Waals surface area contributed by atoms with E-state index in [1.807, 2.05) is 31.1 Å². The summed E-state index contributed by atoms with van der Waals surface area (Å²) in [6.45, 7) is 0.758. The van der Waals surface area contributed by atoms with Crippen LogP contribution in [-0.4, -0.2) is 19.0 Å². The summed E-state index contributed by atoms with van der Waals surface area (Å²) >= 11 is 6.00. The molecule has 68 valence electrons. The van der Waals surface area contributed by atoms with E-state index < -0.39 is 0 Å². The van der Waals surface area contributed by atoms with Crippen LogP contribution in [0.5, 0.6) is 0 Å². The van der Waals surface area contributed by atoms with Crippen LogP contribution in [-0.2, 0) is 6.54 Å². The highest BCUT2D eigenvalue weighted by atomic mass is 35.5. The Hall–Kier alpha value is -1.04. The molecule has 0 saturated heterocycles. The third kappa shape index (κ3) is 2.45. The van der Waals surface area contributed by atoms with Gasteiger partial charge in [0.1, 0.15) is 6.07 Å². The fourth-order valence-corrected chi connectivity index (χ4v) is 1.36. The molecule has 0 heterocycles. The third-order valence-corrected chi connectivity index (χ3v) is 2.13. The van der Waals surface area contributed by atoms with Crippen molar-refractivity contribution >= 4 is 11.6 Å². The van der Waals surface area contributed by atoms with Crippen LogP contribution in [0.2, 0.25) is 5.02 Å². The minimum absolute atomic E-state index is 0.543. The summed E-state index contributed by atoms with van der Waals surface area (Å²) in [7, 11) is 3.94. The molecule has 0 atom stereocenters. The van der Waals surface area contributed by atoms with Crippen molar-refractivity contribution in [2.75, 3.05) is 14.1 Å². The van der Waals surface area contributed by atoms with Gasteiger partial charge in [0.15, 0.2) is 0 Å². The van der Waals surface area contributed by atoms with Crippen LogP contribution in [0.15, 0.2) is 18.2 Å². The molecule has 1 aromatic rings. The summed E-state index contributed by atoms with van der Waals surface area (Å²) in [6, 6.07) is 7.57. The molecule has 2 nitrogen and oxygen atoms in total. The topological polar surface area (TPSA) is 27.0 Å². The number of benzene rings is 1. The summed E-state index contributed by atoms with van der Waals surface area (Å²) in [5.74, 6) is 0. The number of halogens is 1. The van der Waals surface area contributed by atoms with Crippen molar-refractivity contribution in [3.63, 3.8) is 0 Å². The molecule has 0 radical (unpaired) electrons. The third-order valence-electron chi connectivity index (χ3n) is 1.69. The van der Waals surface area contributed by atoms with Crippen molar-refractivity contribution in [1.29, 1.82) is 5.26 Å². The van der Waals surface area contributed by atoms with Gasteiger partial charge in [0, 0.05) is 6.54 Å². The normalized spacial score (nSPS) is 10.1. The first-order valence-corrected chi connectivity index (χ1v) is 4.35. The quantitative estimate of drug-likeness (QED) is 0.722. The van der Waals surface area contributed by atoms with Crippen LogP contribution in [0, 0.1) is 11.3 Å². The van der Waals surface area contributed by atoms with E-state index in [0.717, 1.165) is 12.1 Å². The molecule has 0 fully saturated rings. The van der Waals surface area contributed by atoms with Crippen LogP contribution in [0.4, 0.5) is 0 Å². The lowest BCUT2D eigenvalue weighted by molar-refractivity contribution is 0.402. The molecule has 0 aromatic heterocycles. The van der Waals surface area contributed by atoms with E-state index in [4.69, 9.17) is 16.9 Å². The Morgan fingerprint density at radius 2 is 2.15 bits per heavy atom. The van der Waals surface area contributed by atoms with Gasteiger partial charge in [-0.2, -0.15) is 5.26 Å². The first-order chi connectivity index (χ1) is 6.15. The Morgan fingerprint density at radius 3 is 2.69 bits per heavy atom. The summed E-state index contributed by atoms with van der Waals surface area (Å²) in [4.78, 5) is 2.02. The number of nitrogens with zero attached hydrogens (tertiary/aromatic N) is 2. The Labute approximate surface area is 83.3 Å². The number of rotatable bonds is 2. The molecule has 0 N–H and O–H groups in total. The van der Waals surface area contributed by atoms with E-state index in [0.29, 0.717) is 10.6 Å². The van der Waals surface area contributed by atoms with Gasteiger partial charge in [-0.15, -0.1) is 0 Å². The second-order valence-electron chi connectivity index (χ2n) is 3.13. The first kappa shape index (κ1) is 10.0. The number of hydrogen-bond acceptors (Lipinski definition) is 2. The maximum absolute atomic E-state index is 8.73. The molecular formula is C10H11ClN2. The lowest BCUT2D eigenvalue weighted by atomic mass is 10.1. The molecule has 13 heavy (non-hydrogen) atoms. The van der Waals surface area contributed by atoms with E-state index >= 15 is 0 Å². The van der Waals surface area contributed by atoms with E-state index in [9.17, 15) is 0 Å². The Bertz CT molecular complexity index is 339. The van der Waals surface area contributed by atoms with Gasteiger partial charge in [-0.1, -0.05) is 23.7 Å². The molecule has 0 amide bonds. The Morgan fingerprint density at radius 1 is 1.46 bits per heavy atom. The van der Waals surface area contributed by atoms with Crippen LogP contribution in [0.25, 0.3) is 0 Å². The lowest BCUT2D eigenvalue weighted by Crippen LogP contribution is -2.11.